The Balaban J connectivity index is 0.00000182. The van der Waals surface area contributed by atoms with Gasteiger partial charge in [0.05, 0.1) is 23.7 Å². The van der Waals surface area contributed by atoms with E-state index in [1.54, 1.807) is 4.90 Å². The number of amides is 1. The van der Waals surface area contributed by atoms with Crippen LogP contribution >= 0.6 is 24.8 Å². The van der Waals surface area contributed by atoms with Crippen LogP contribution < -0.4 is 5.32 Å². The third kappa shape index (κ3) is 5.34. The molecule has 8 heteroatoms. The summed E-state index contributed by atoms with van der Waals surface area (Å²) in [5, 5.41) is 21.4. The second-order valence-electron chi connectivity index (χ2n) is 6.89. The summed E-state index contributed by atoms with van der Waals surface area (Å²) in [6.07, 6.45) is 2.47. The maximum atomic E-state index is 12.7. The van der Waals surface area contributed by atoms with Crippen molar-refractivity contribution in [2.45, 2.75) is 43.9 Å². The second-order valence-corrected chi connectivity index (χ2v) is 6.89. The molecule has 146 valence electrons. The fourth-order valence-electron chi connectivity index (χ4n) is 3.71. The van der Waals surface area contributed by atoms with Crippen molar-refractivity contribution in [1.82, 2.24) is 15.1 Å². The molecular formula is C19H25Cl2N5O. The van der Waals surface area contributed by atoms with Crippen LogP contribution in [0.2, 0.25) is 0 Å². The van der Waals surface area contributed by atoms with E-state index >= 15 is 0 Å². The van der Waals surface area contributed by atoms with Crippen molar-refractivity contribution in [3.63, 3.8) is 0 Å². The minimum absolute atomic E-state index is 0. The molecule has 1 aromatic carbocycles. The van der Waals surface area contributed by atoms with Crippen LogP contribution in [0.3, 0.4) is 0 Å². The van der Waals surface area contributed by atoms with Gasteiger partial charge in [0.15, 0.2) is 0 Å². The molecule has 2 aliphatic heterocycles. The highest BCUT2D eigenvalue weighted by Crippen LogP contribution is 2.22. The lowest BCUT2D eigenvalue weighted by Gasteiger charge is -2.25. The van der Waals surface area contributed by atoms with Crippen LogP contribution in [-0.2, 0) is 11.3 Å². The van der Waals surface area contributed by atoms with Gasteiger partial charge in [-0.1, -0.05) is 12.1 Å². The predicted molar refractivity (Wildman–Crippen MR) is 108 cm³/mol. The fraction of sp³-hybridized carbons (Fsp3) is 0.526. The highest BCUT2D eigenvalue weighted by Gasteiger charge is 2.37. The van der Waals surface area contributed by atoms with E-state index in [1.807, 2.05) is 24.3 Å². The molecule has 2 fully saturated rings. The van der Waals surface area contributed by atoms with E-state index in [0.29, 0.717) is 12.1 Å². The van der Waals surface area contributed by atoms with Crippen LogP contribution in [0.5, 0.6) is 0 Å². The molecule has 1 aromatic rings. The van der Waals surface area contributed by atoms with Crippen LogP contribution in [0, 0.1) is 22.7 Å². The van der Waals surface area contributed by atoms with Gasteiger partial charge in [-0.3, -0.25) is 9.69 Å². The van der Waals surface area contributed by atoms with E-state index in [-0.39, 0.29) is 48.8 Å². The maximum Gasteiger partial charge on any atom is 0.240 e. The first-order chi connectivity index (χ1) is 12.1. The number of nitrogens with zero attached hydrogens (tertiary/aromatic N) is 4. The summed E-state index contributed by atoms with van der Waals surface area (Å²) in [5.74, 6) is 0.0679. The Kier molecular flexibility index (Phi) is 9.02. The van der Waals surface area contributed by atoms with E-state index in [0.717, 1.165) is 37.9 Å². The number of hydrogen-bond acceptors (Lipinski definition) is 5. The first-order valence-electron chi connectivity index (χ1n) is 8.75. The van der Waals surface area contributed by atoms with Gasteiger partial charge in [0.25, 0.3) is 0 Å². The Morgan fingerprint density at radius 1 is 1.30 bits per heavy atom. The average Bonchev–Trinajstić information content (AvgIpc) is 3.31. The van der Waals surface area contributed by atoms with Gasteiger partial charge in [-0.05, 0) is 44.0 Å². The highest BCUT2D eigenvalue weighted by molar-refractivity contribution is 5.85. The Morgan fingerprint density at radius 3 is 2.63 bits per heavy atom. The van der Waals surface area contributed by atoms with Crippen LogP contribution in [-0.4, -0.2) is 54.0 Å². The molecule has 1 amide bonds. The standard InChI is InChI=1S/C19H23N5O.2ClH/c1-23(13-15-6-4-14(10-20)5-7-15)17-9-18(22-12-17)19(25)24-8-2-3-16(24)11-21;;/h4-7,16-18,22H,2-3,8-9,12-13H2,1H3;2*1H/t16?,17-,18-;;/m0../s1. The molecule has 27 heavy (non-hydrogen) atoms. The minimum Gasteiger partial charge on any atom is -0.325 e. The molecule has 1 unspecified atom stereocenters. The zero-order chi connectivity index (χ0) is 17.8. The molecule has 0 bridgehead atoms. The first-order valence-corrected chi connectivity index (χ1v) is 8.75. The molecular weight excluding hydrogens is 385 g/mol. The molecule has 3 atom stereocenters. The molecule has 2 heterocycles. The van der Waals surface area contributed by atoms with Crippen molar-refractivity contribution >= 4 is 30.7 Å². The van der Waals surface area contributed by atoms with Crippen molar-refractivity contribution in [2.24, 2.45) is 0 Å². The Bertz CT molecular complexity index is 712. The Hall–Kier alpha value is -1.83. The number of likely N-dealkylation sites (N-methyl/N-ethyl adjacent to an activating group) is 1. The average molecular weight is 410 g/mol. The number of hydrogen-bond donors (Lipinski definition) is 1. The Labute approximate surface area is 172 Å². The third-order valence-electron chi connectivity index (χ3n) is 5.23. The van der Waals surface area contributed by atoms with Crippen LogP contribution in [0.15, 0.2) is 24.3 Å². The van der Waals surface area contributed by atoms with Gasteiger partial charge in [0.1, 0.15) is 6.04 Å². The summed E-state index contributed by atoms with van der Waals surface area (Å²) >= 11 is 0. The quantitative estimate of drug-likeness (QED) is 0.822. The summed E-state index contributed by atoms with van der Waals surface area (Å²) < 4.78 is 0. The summed E-state index contributed by atoms with van der Waals surface area (Å²) in [6, 6.07) is 11.8. The lowest BCUT2D eigenvalue weighted by Crippen LogP contribution is -2.45. The number of nitrogens with one attached hydrogen (secondary N) is 1. The molecule has 3 rings (SSSR count). The molecule has 0 saturated carbocycles. The van der Waals surface area contributed by atoms with E-state index in [9.17, 15) is 10.1 Å². The number of likely N-dealkylation sites (tertiary alicyclic amines) is 1. The number of benzene rings is 1. The number of halogens is 2. The zero-order valence-electron chi connectivity index (χ0n) is 15.3. The minimum atomic E-state index is -0.260. The summed E-state index contributed by atoms with van der Waals surface area (Å²) in [7, 11) is 2.06. The lowest BCUT2D eigenvalue weighted by molar-refractivity contribution is -0.133. The Morgan fingerprint density at radius 2 is 2.00 bits per heavy atom. The van der Waals surface area contributed by atoms with Gasteiger partial charge in [0.2, 0.25) is 5.91 Å². The van der Waals surface area contributed by atoms with Crippen LogP contribution in [0.1, 0.15) is 30.4 Å². The predicted octanol–water partition coefficient (Wildman–Crippen LogP) is 2.08. The molecule has 2 saturated heterocycles. The van der Waals surface area contributed by atoms with Gasteiger partial charge in [-0.15, -0.1) is 24.8 Å². The first kappa shape index (κ1) is 23.2. The smallest absolute Gasteiger partial charge is 0.240 e. The van der Waals surface area contributed by atoms with Crippen molar-refractivity contribution in [3.05, 3.63) is 35.4 Å². The molecule has 0 aromatic heterocycles. The second kappa shape index (κ2) is 10.5. The maximum absolute atomic E-state index is 12.7. The molecule has 0 aliphatic carbocycles. The molecule has 0 radical (unpaired) electrons. The van der Waals surface area contributed by atoms with Gasteiger partial charge >= 0.3 is 0 Å². The van der Waals surface area contributed by atoms with E-state index in [1.165, 1.54) is 0 Å². The van der Waals surface area contributed by atoms with E-state index in [4.69, 9.17) is 5.26 Å². The molecule has 0 spiro atoms. The summed E-state index contributed by atoms with van der Waals surface area (Å²) in [5.41, 5.74) is 1.82. The number of nitriles is 2. The normalized spacial score (nSPS) is 23.9. The van der Waals surface area contributed by atoms with Crippen LogP contribution in [0.4, 0.5) is 0 Å². The van der Waals surface area contributed by atoms with Crippen molar-refractivity contribution < 1.29 is 4.79 Å². The molecule has 1 N–H and O–H groups in total. The van der Waals surface area contributed by atoms with Gasteiger partial charge in [-0.25, -0.2) is 0 Å². The van der Waals surface area contributed by atoms with Gasteiger partial charge in [0, 0.05) is 25.7 Å². The lowest BCUT2D eigenvalue weighted by atomic mass is 10.1. The fourth-order valence-corrected chi connectivity index (χ4v) is 3.71. The van der Waals surface area contributed by atoms with Crippen molar-refractivity contribution in [2.75, 3.05) is 20.1 Å². The summed E-state index contributed by atoms with van der Waals surface area (Å²) in [6.45, 7) is 2.25. The van der Waals surface area contributed by atoms with Crippen LogP contribution in [0.25, 0.3) is 0 Å². The molecule has 6 nitrogen and oxygen atoms in total. The van der Waals surface area contributed by atoms with Crippen molar-refractivity contribution in [3.8, 4) is 12.1 Å². The number of rotatable bonds is 4. The van der Waals surface area contributed by atoms with Crippen molar-refractivity contribution in [1.29, 1.82) is 10.5 Å². The van der Waals surface area contributed by atoms with E-state index < -0.39 is 0 Å². The zero-order valence-corrected chi connectivity index (χ0v) is 16.9. The molecule has 2 aliphatic rings. The third-order valence-corrected chi connectivity index (χ3v) is 5.23. The van der Waals surface area contributed by atoms with Gasteiger partial charge in [-0.2, -0.15) is 10.5 Å². The number of carbonyl (C=O) groups excluding carboxylic acids is 1. The summed E-state index contributed by atoms with van der Waals surface area (Å²) in [4.78, 5) is 16.7. The topological polar surface area (TPSA) is 83.2 Å². The monoisotopic (exact) mass is 409 g/mol. The van der Waals surface area contributed by atoms with E-state index in [2.05, 4.69) is 29.4 Å². The van der Waals surface area contributed by atoms with Gasteiger partial charge < -0.3 is 10.2 Å². The number of carbonyl (C=O) groups is 1. The largest absolute Gasteiger partial charge is 0.325 e. The SMILES string of the molecule is CN(Cc1ccc(C#N)cc1)[C@@H]1CN[C@H](C(=O)N2CCCC2C#N)C1.Cl.Cl. The highest BCUT2D eigenvalue weighted by atomic mass is 35.5.